The van der Waals surface area contributed by atoms with Crippen LogP contribution in [0.2, 0.25) is 0 Å². The molecule has 1 aliphatic heterocycles. The highest BCUT2D eigenvalue weighted by Crippen LogP contribution is 2.13. The molecule has 4 nitrogen and oxygen atoms in total. The first-order valence-corrected chi connectivity index (χ1v) is 5.26. The SMILES string of the molecule is CN(C)C1CCCN(CCC(N)=O)C1. The molecule has 0 saturated carbocycles. The molecule has 1 saturated heterocycles. The van der Waals surface area contributed by atoms with Crippen LogP contribution in [0, 0.1) is 0 Å². The topological polar surface area (TPSA) is 49.6 Å². The summed E-state index contributed by atoms with van der Waals surface area (Å²) in [6.45, 7) is 3.00. The Balaban J connectivity index is 2.29. The number of rotatable bonds is 4. The minimum atomic E-state index is -0.197. The maximum atomic E-state index is 10.6. The fourth-order valence-corrected chi connectivity index (χ4v) is 1.92. The summed E-state index contributed by atoms with van der Waals surface area (Å²) < 4.78 is 0. The van der Waals surface area contributed by atoms with Crippen molar-refractivity contribution >= 4 is 5.91 Å². The largest absolute Gasteiger partial charge is 0.370 e. The molecule has 1 aliphatic rings. The predicted octanol–water partition coefficient (Wildman–Crippen LogP) is -0.112. The molecule has 0 aromatic carbocycles. The Bertz CT molecular complexity index is 194. The van der Waals surface area contributed by atoms with Gasteiger partial charge in [0.25, 0.3) is 0 Å². The number of nitrogens with two attached hydrogens (primary N) is 1. The van der Waals surface area contributed by atoms with Gasteiger partial charge in [-0.25, -0.2) is 0 Å². The molecule has 0 aromatic heterocycles. The summed E-state index contributed by atoms with van der Waals surface area (Å²) in [6, 6.07) is 0.636. The molecule has 1 unspecified atom stereocenters. The highest BCUT2D eigenvalue weighted by Gasteiger charge is 2.20. The first kappa shape index (κ1) is 11.5. The van der Waals surface area contributed by atoms with E-state index in [-0.39, 0.29) is 5.91 Å². The number of carbonyl (C=O) groups excluding carboxylic acids is 1. The third-order valence-electron chi connectivity index (χ3n) is 2.89. The monoisotopic (exact) mass is 199 g/mol. The molecule has 1 fully saturated rings. The maximum Gasteiger partial charge on any atom is 0.218 e. The molecule has 0 aromatic rings. The van der Waals surface area contributed by atoms with Gasteiger partial charge in [-0.15, -0.1) is 0 Å². The van der Waals surface area contributed by atoms with Crippen LogP contribution < -0.4 is 5.73 Å². The number of likely N-dealkylation sites (tertiary alicyclic amines) is 1. The first-order valence-electron chi connectivity index (χ1n) is 5.26. The van der Waals surface area contributed by atoms with Gasteiger partial charge in [-0.2, -0.15) is 0 Å². The van der Waals surface area contributed by atoms with E-state index in [0.717, 1.165) is 19.6 Å². The Labute approximate surface area is 86.0 Å². The molecule has 0 aliphatic carbocycles. The maximum absolute atomic E-state index is 10.6. The molecule has 1 amide bonds. The first-order chi connectivity index (χ1) is 6.59. The number of amides is 1. The number of hydrogen-bond acceptors (Lipinski definition) is 3. The average Bonchev–Trinajstić information content (AvgIpc) is 2.15. The van der Waals surface area contributed by atoms with E-state index in [1.165, 1.54) is 12.8 Å². The van der Waals surface area contributed by atoms with Crippen LogP contribution in [0.3, 0.4) is 0 Å². The number of piperidine rings is 1. The van der Waals surface area contributed by atoms with Crippen LogP contribution in [-0.2, 0) is 4.79 Å². The van der Waals surface area contributed by atoms with E-state index in [1.54, 1.807) is 0 Å². The lowest BCUT2D eigenvalue weighted by atomic mass is 10.0. The number of hydrogen-bond donors (Lipinski definition) is 1. The van der Waals surface area contributed by atoms with Gasteiger partial charge in [-0.05, 0) is 33.5 Å². The minimum absolute atomic E-state index is 0.197. The summed E-state index contributed by atoms with van der Waals surface area (Å²) in [5.41, 5.74) is 5.13. The summed E-state index contributed by atoms with van der Waals surface area (Å²) in [6.07, 6.45) is 2.97. The highest BCUT2D eigenvalue weighted by atomic mass is 16.1. The Morgan fingerprint density at radius 2 is 2.29 bits per heavy atom. The molecule has 1 heterocycles. The van der Waals surface area contributed by atoms with Crippen molar-refractivity contribution < 1.29 is 4.79 Å². The van der Waals surface area contributed by atoms with Gasteiger partial charge in [0.05, 0.1) is 0 Å². The second-order valence-electron chi connectivity index (χ2n) is 4.28. The van der Waals surface area contributed by atoms with Crippen LogP contribution in [0.15, 0.2) is 0 Å². The second kappa shape index (κ2) is 5.32. The Morgan fingerprint density at radius 3 is 2.86 bits per heavy atom. The molecule has 0 radical (unpaired) electrons. The van der Waals surface area contributed by atoms with Gasteiger partial charge in [0.15, 0.2) is 0 Å². The number of likely N-dealkylation sites (N-methyl/N-ethyl adjacent to an activating group) is 1. The van der Waals surface area contributed by atoms with Crippen molar-refractivity contribution in [2.24, 2.45) is 5.73 Å². The molecule has 2 N–H and O–H groups in total. The quantitative estimate of drug-likeness (QED) is 0.687. The van der Waals surface area contributed by atoms with Crippen molar-refractivity contribution in [2.75, 3.05) is 33.7 Å². The van der Waals surface area contributed by atoms with Crippen LogP contribution in [0.4, 0.5) is 0 Å². The number of carbonyl (C=O) groups is 1. The zero-order valence-electron chi connectivity index (χ0n) is 9.20. The zero-order chi connectivity index (χ0) is 10.6. The van der Waals surface area contributed by atoms with Gasteiger partial charge in [0, 0.05) is 25.6 Å². The lowest BCUT2D eigenvalue weighted by Gasteiger charge is -2.35. The van der Waals surface area contributed by atoms with E-state index in [2.05, 4.69) is 23.9 Å². The van der Waals surface area contributed by atoms with Crippen LogP contribution in [-0.4, -0.2) is 55.5 Å². The predicted molar refractivity (Wildman–Crippen MR) is 57.0 cm³/mol. The van der Waals surface area contributed by atoms with Crippen molar-refractivity contribution in [3.05, 3.63) is 0 Å². The lowest BCUT2D eigenvalue weighted by molar-refractivity contribution is -0.118. The summed E-state index contributed by atoms with van der Waals surface area (Å²) in [7, 11) is 4.23. The van der Waals surface area contributed by atoms with Crippen LogP contribution in [0.5, 0.6) is 0 Å². The third kappa shape index (κ3) is 3.64. The van der Waals surface area contributed by atoms with Crippen molar-refractivity contribution in [1.29, 1.82) is 0 Å². The van der Waals surface area contributed by atoms with Crippen LogP contribution >= 0.6 is 0 Å². The lowest BCUT2D eigenvalue weighted by Crippen LogP contribution is -2.45. The molecule has 0 bridgehead atoms. The van der Waals surface area contributed by atoms with Gasteiger partial charge in [-0.1, -0.05) is 0 Å². The molecular formula is C10H21N3O. The van der Waals surface area contributed by atoms with E-state index in [0.29, 0.717) is 12.5 Å². The minimum Gasteiger partial charge on any atom is -0.370 e. The van der Waals surface area contributed by atoms with E-state index in [9.17, 15) is 4.79 Å². The highest BCUT2D eigenvalue weighted by molar-refractivity contribution is 5.73. The molecule has 4 heteroatoms. The van der Waals surface area contributed by atoms with Gasteiger partial charge in [-0.3, -0.25) is 4.79 Å². The van der Waals surface area contributed by atoms with Gasteiger partial charge >= 0.3 is 0 Å². The standard InChI is InChI=1S/C10H21N3O/c1-12(2)9-4-3-6-13(8-9)7-5-10(11)14/h9H,3-8H2,1-2H3,(H2,11,14). The van der Waals surface area contributed by atoms with E-state index >= 15 is 0 Å². The molecule has 14 heavy (non-hydrogen) atoms. The van der Waals surface area contributed by atoms with Crippen molar-refractivity contribution in [3.63, 3.8) is 0 Å². The van der Waals surface area contributed by atoms with Gasteiger partial charge < -0.3 is 15.5 Å². The zero-order valence-corrected chi connectivity index (χ0v) is 9.20. The van der Waals surface area contributed by atoms with E-state index in [4.69, 9.17) is 5.73 Å². The van der Waals surface area contributed by atoms with Gasteiger partial charge in [0.2, 0.25) is 5.91 Å². The third-order valence-corrected chi connectivity index (χ3v) is 2.89. The molecular weight excluding hydrogens is 178 g/mol. The summed E-state index contributed by atoms with van der Waals surface area (Å²) in [5, 5.41) is 0. The molecule has 1 rings (SSSR count). The Kier molecular flexibility index (Phi) is 4.35. The average molecular weight is 199 g/mol. The van der Waals surface area contributed by atoms with Crippen LogP contribution in [0.25, 0.3) is 0 Å². The van der Waals surface area contributed by atoms with Gasteiger partial charge in [0.1, 0.15) is 0 Å². The molecule has 1 atom stereocenters. The Hall–Kier alpha value is -0.610. The molecule has 0 spiro atoms. The number of primary amides is 1. The summed E-state index contributed by atoms with van der Waals surface area (Å²) in [4.78, 5) is 15.2. The van der Waals surface area contributed by atoms with E-state index in [1.807, 2.05) is 0 Å². The normalized spacial score (nSPS) is 24.1. The Morgan fingerprint density at radius 1 is 1.57 bits per heavy atom. The second-order valence-corrected chi connectivity index (χ2v) is 4.28. The fraction of sp³-hybridized carbons (Fsp3) is 0.900. The van der Waals surface area contributed by atoms with E-state index < -0.39 is 0 Å². The number of nitrogens with zero attached hydrogens (tertiary/aromatic N) is 2. The van der Waals surface area contributed by atoms with Crippen molar-refractivity contribution in [1.82, 2.24) is 9.80 Å². The summed E-state index contributed by atoms with van der Waals surface area (Å²) >= 11 is 0. The molecule has 82 valence electrons. The summed E-state index contributed by atoms with van der Waals surface area (Å²) in [5.74, 6) is -0.197. The van der Waals surface area contributed by atoms with Crippen molar-refractivity contribution in [2.45, 2.75) is 25.3 Å². The van der Waals surface area contributed by atoms with Crippen molar-refractivity contribution in [3.8, 4) is 0 Å². The smallest absolute Gasteiger partial charge is 0.218 e. The fourth-order valence-electron chi connectivity index (χ4n) is 1.92. The van der Waals surface area contributed by atoms with Crippen LogP contribution in [0.1, 0.15) is 19.3 Å².